The highest BCUT2D eigenvalue weighted by Crippen LogP contribution is 2.33. The predicted octanol–water partition coefficient (Wildman–Crippen LogP) is 2.06. The Bertz CT molecular complexity index is 275. The van der Waals surface area contributed by atoms with Crippen molar-refractivity contribution in [2.24, 2.45) is 5.92 Å². The van der Waals surface area contributed by atoms with E-state index >= 15 is 0 Å². The van der Waals surface area contributed by atoms with Crippen molar-refractivity contribution in [1.29, 1.82) is 0 Å². The standard InChI is InChI=1S/C15H29NO3/c1-4-12-5-7-15(17,8-6-12)11-16-13-9-18-14(2,3)19-10-13/h12-13,16-17H,4-11H2,1-3H3. The second-order valence-electron chi connectivity index (χ2n) is 6.68. The highest BCUT2D eigenvalue weighted by molar-refractivity contribution is 4.88. The molecule has 2 fully saturated rings. The molecule has 2 rings (SSSR count). The molecule has 112 valence electrons. The Labute approximate surface area is 116 Å². The lowest BCUT2D eigenvalue weighted by atomic mass is 9.78. The second kappa shape index (κ2) is 6.08. The van der Waals surface area contributed by atoms with Crippen LogP contribution in [0.15, 0.2) is 0 Å². The molecule has 1 saturated carbocycles. The Kier molecular flexibility index (Phi) is 4.88. The average Bonchev–Trinajstić information content (AvgIpc) is 2.39. The largest absolute Gasteiger partial charge is 0.389 e. The van der Waals surface area contributed by atoms with Gasteiger partial charge >= 0.3 is 0 Å². The number of nitrogens with one attached hydrogen (secondary N) is 1. The van der Waals surface area contributed by atoms with E-state index in [-0.39, 0.29) is 6.04 Å². The van der Waals surface area contributed by atoms with E-state index < -0.39 is 11.4 Å². The second-order valence-corrected chi connectivity index (χ2v) is 6.68. The third-order valence-corrected chi connectivity index (χ3v) is 4.60. The molecule has 0 aromatic heterocycles. The summed E-state index contributed by atoms with van der Waals surface area (Å²) in [7, 11) is 0. The molecule has 0 spiro atoms. The summed E-state index contributed by atoms with van der Waals surface area (Å²) in [5.41, 5.74) is -0.529. The van der Waals surface area contributed by atoms with E-state index in [9.17, 15) is 5.11 Å². The minimum absolute atomic E-state index is 0.195. The van der Waals surface area contributed by atoms with Crippen molar-refractivity contribution in [2.45, 2.75) is 70.3 Å². The lowest BCUT2D eigenvalue weighted by molar-refractivity contribution is -0.253. The molecule has 0 aromatic rings. The van der Waals surface area contributed by atoms with E-state index in [1.807, 2.05) is 13.8 Å². The molecule has 4 nitrogen and oxygen atoms in total. The molecule has 0 unspecified atom stereocenters. The first kappa shape index (κ1) is 15.2. The van der Waals surface area contributed by atoms with Crippen LogP contribution in [0.25, 0.3) is 0 Å². The number of ether oxygens (including phenoxy) is 2. The molecule has 1 heterocycles. The van der Waals surface area contributed by atoms with Crippen LogP contribution in [0, 0.1) is 5.92 Å². The predicted molar refractivity (Wildman–Crippen MR) is 75.0 cm³/mol. The zero-order chi connectivity index (χ0) is 13.9. The fraction of sp³-hybridized carbons (Fsp3) is 1.00. The van der Waals surface area contributed by atoms with Gasteiger partial charge in [-0.1, -0.05) is 13.3 Å². The van der Waals surface area contributed by atoms with Crippen LogP contribution in [0.2, 0.25) is 0 Å². The molecular formula is C15H29NO3. The van der Waals surface area contributed by atoms with Gasteiger partial charge in [-0.15, -0.1) is 0 Å². The van der Waals surface area contributed by atoms with Gasteiger partial charge in [-0.2, -0.15) is 0 Å². The van der Waals surface area contributed by atoms with E-state index in [0.717, 1.165) is 31.6 Å². The maximum Gasteiger partial charge on any atom is 0.162 e. The van der Waals surface area contributed by atoms with Gasteiger partial charge in [-0.3, -0.25) is 0 Å². The molecule has 0 bridgehead atoms. The van der Waals surface area contributed by atoms with Crippen LogP contribution in [0.3, 0.4) is 0 Å². The molecule has 1 aliphatic heterocycles. The fourth-order valence-corrected chi connectivity index (χ4v) is 2.94. The molecule has 0 amide bonds. The van der Waals surface area contributed by atoms with E-state index in [0.29, 0.717) is 19.8 Å². The van der Waals surface area contributed by atoms with E-state index in [1.54, 1.807) is 0 Å². The third kappa shape index (κ3) is 4.42. The van der Waals surface area contributed by atoms with Crippen molar-refractivity contribution in [3.63, 3.8) is 0 Å². The quantitative estimate of drug-likeness (QED) is 0.822. The zero-order valence-corrected chi connectivity index (χ0v) is 12.6. The molecule has 0 radical (unpaired) electrons. The number of hydrogen-bond donors (Lipinski definition) is 2. The lowest BCUT2D eigenvalue weighted by Gasteiger charge is -2.39. The molecule has 0 atom stereocenters. The molecule has 0 aromatic carbocycles. The molecule has 1 saturated heterocycles. The van der Waals surface area contributed by atoms with Gasteiger partial charge in [0.05, 0.1) is 24.9 Å². The minimum Gasteiger partial charge on any atom is -0.389 e. The molecular weight excluding hydrogens is 242 g/mol. The van der Waals surface area contributed by atoms with Crippen molar-refractivity contribution in [1.82, 2.24) is 5.32 Å². The van der Waals surface area contributed by atoms with Gasteiger partial charge in [0.2, 0.25) is 0 Å². The van der Waals surface area contributed by atoms with Gasteiger partial charge < -0.3 is 19.9 Å². The Morgan fingerprint density at radius 2 is 1.74 bits per heavy atom. The summed E-state index contributed by atoms with van der Waals surface area (Å²) in [5.74, 6) is 0.344. The summed E-state index contributed by atoms with van der Waals surface area (Å²) in [4.78, 5) is 0. The van der Waals surface area contributed by atoms with Gasteiger partial charge in [0.1, 0.15) is 0 Å². The van der Waals surface area contributed by atoms with Gasteiger partial charge in [-0.05, 0) is 45.4 Å². The molecule has 2 N–H and O–H groups in total. The van der Waals surface area contributed by atoms with E-state index in [4.69, 9.17) is 9.47 Å². The first-order valence-corrected chi connectivity index (χ1v) is 7.66. The van der Waals surface area contributed by atoms with Crippen LogP contribution in [-0.4, -0.2) is 42.3 Å². The van der Waals surface area contributed by atoms with Crippen molar-refractivity contribution in [3.8, 4) is 0 Å². The van der Waals surface area contributed by atoms with E-state index in [1.165, 1.54) is 6.42 Å². The summed E-state index contributed by atoms with van der Waals surface area (Å²) in [6, 6.07) is 0.195. The summed E-state index contributed by atoms with van der Waals surface area (Å²) in [6.07, 6.45) is 5.37. The Balaban J connectivity index is 1.71. The lowest BCUT2D eigenvalue weighted by Crippen LogP contribution is -2.53. The SMILES string of the molecule is CCC1CCC(O)(CNC2COC(C)(C)OC2)CC1. The monoisotopic (exact) mass is 271 g/mol. The van der Waals surface area contributed by atoms with Crippen molar-refractivity contribution in [3.05, 3.63) is 0 Å². The van der Waals surface area contributed by atoms with Crippen LogP contribution >= 0.6 is 0 Å². The average molecular weight is 271 g/mol. The van der Waals surface area contributed by atoms with Crippen LogP contribution < -0.4 is 5.32 Å². The molecule has 19 heavy (non-hydrogen) atoms. The smallest absolute Gasteiger partial charge is 0.162 e. The van der Waals surface area contributed by atoms with Crippen LogP contribution in [0.5, 0.6) is 0 Å². The number of hydrogen-bond acceptors (Lipinski definition) is 4. The van der Waals surface area contributed by atoms with Gasteiger partial charge in [0, 0.05) is 6.54 Å². The van der Waals surface area contributed by atoms with Crippen LogP contribution in [0.1, 0.15) is 52.9 Å². The highest BCUT2D eigenvalue weighted by atomic mass is 16.7. The Morgan fingerprint density at radius 1 is 1.16 bits per heavy atom. The van der Waals surface area contributed by atoms with Gasteiger partial charge in [-0.25, -0.2) is 0 Å². The third-order valence-electron chi connectivity index (χ3n) is 4.60. The summed E-state index contributed by atoms with van der Waals surface area (Å²) < 4.78 is 11.2. The van der Waals surface area contributed by atoms with E-state index in [2.05, 4.69) is 12.2 Å². The van der Waals surface area contributed by atoms with Crippen molar-refractivity contribution >= 4 is 0 Å². The maximum absolute atomic E-state index is 10.6. The zero-order valence-electron chi connectivity index (χ0n) is 12.6. The minimum atomic E-state index is -0.529. The van der Waals surface area contributed by atoms with Gasteiger partial charge in [0.25, 0.3) is 0 Å². The summed E-state index contributed by atoms with van der Waals surface area (Å²) >= 11 is 0. The van der Waals surface area contributed by atoms with Crippen molar-refractivity contribution in [2.75, 3.05) is 19.8 Å². The molecule has 1 aliphatic carbocycles. The number of aliphatic hydroxyl groups is 1. The van der Waals surface area contributed by atoms with Crippen LogP contribution in [-0.2, 0) is 9.47 Å². The molecule has 4 heteroatoms. The van der Waals surface area contributed by atoms with Gasteiger partial charge in [0.15, 0.2) is 5.79 Å². The molecule has 2 aliphatic rings. The topological polar surface area (TPSA) is 50.7 Å². The van der Waals surface area contributed by atoms with Crippen LogP contribution in [0.4, 0.5) is 0 Å². The van der Waals surface area contributed by atoms with Crippen molar-refractivity contribution < 1.29 is 14.6 Å². The fourth-order valence-electron chi connectivity index (χ4n) is 2.94. The Hall–Kier alpha value is -0.160. The Morgan fingerprint density at radius 3 is 2.26 bits per heavy atom. The normalized spacial score (nSPS) is 36.3. The summed E-state index contributed by atoms with van der Waals surface area (Å²) in [5, 5.41) is 14.0. The first-order chi connectivity index (χ1) is 8.92. The number of rotatable bonds is 4. The highest BCUT2D eigenvalue weighted by Gasteiger charge is 2.34. The summed E-state index contributed by atoms with van der Waals surface area (Å²) in [6.45, 7) is 8.07. The first-order valence-electron chi connectivity index (χ1n) is 7.66. The maximum atomic E-state index is 10.6.